The van der Waals surface area contributed by atoms with Crippen molar-refractivity contribution >= 4 is 34.6 Å². The Labute approximate surface area is 217 Å². The summed E-state index contributed by atoms with van der Waals surface area (Å²) < 4.78 is 0. The number of hydrogen-bond acceptors (Lipinski definition) is 3. The van der Waals surface area contributed by atoms with Crippen molar-refractivity contribution in [2.75, 3.05) is 25.0 Å². The number of H-pyrrole nitrogens is 1. The molecule has 1 amide bonds. The second-order valence-electron chi connectivity index (χ2n) is 10.9. The van der Waals surface area contributed by atoms with Crippen LogP contribution in [0.2, 0.25) is 0 Å². The average Bonchev–Trinajstić information content (AvgIpc) is 3.48. The molecule has 2 fully saturated rings. The summed E-state index contributed by atoms with van der Waals surface area (Å²) >= 11 is 0. The molecule has 5 nitrogen and oxygen atoms in total. The minimum absolute atomic E-state index is 0.129. The minimum Gasteiger partial charge on any atom is -0.325 e. The van der Waals surface area contributed by atoms with E-state index in [1.807, 2.05) is 18.2 Å². The first-order valence-corrected chi connectivity index (χ1v) is 13.6. The van der Waals surface area contributed by atoms with E-state index in [2.05, 4.69) is 81.1 Å². The third-order valence-corrected chi connectivity index (χ3v) is 8.62. The number of piperidine rings is 1. The summed E-state index contributed by atoms with van der Waals surface area (Å²) in [5.74, 6) is 0.334. The van der Waals surface area contributed by atoms with E-state index in [-0.39, 0.29) is 11.8 Å². The van der Waals surface area contributed by atoms with Gasteiger partial charge in [0.1, 0.15) is 0 Å². The van der Waals surface area contributed by atoms with Crippen molar-refractivity contribution in [3.05, 3.63) is 94.7 Å². The molecule has 7 rings (SSSR count). The molecule has 186 valence electrons. The monoisotopic (exact) mass is 488 g/mol. The van der Waals surface area contributed by atoms with Crippen molar-refractivity contribution in [1.82, 2.24) is 15.1 Å². The van der Waals surface area contributed by atoms with E-state index in [1.165, 1.54) is 49.0 Å². The highest BCUT2D eigenvalue weighted by molar-refractivity contribution is 6.09. The summed E-state index contributed by atoms with van der Waals surface area (Å²) in [4.78, 5) is 15.5. The SMILES string of the molecule is O=C1Nc2ccccc2C12CC2c1ccc2c(/C=C/c3ccc(CCN4CCCCC4)cc3)n[nH]c2c1. The molecule has 2 unspecified atom stereocenters. The van der Waals surface area contributed by atoms with E-state index >= 15 is 0 Å². The smallest absolute Gasteiger partial charge is 0.235 e. The number of amides is 1. The Morgan fingerprint density at radius 1 is 0.973 bits per heavy atom. The molecule has 4 aromatic rings. The fourth-order valence-corrected chi connectivity index (χ4v) is 6.39. The fraction of sp³-hybridized carbons (Fsp3) is 0.312. The Balaban J connectivity index is 1.04. The lowest BCUT2D eigenvalue weighted by Gasteiger charge is -2.26. The molecule has 2 atom stereocenters. The second kappa shape index (κ2) is 9.00. The number of carbonyl (C=O) groups is 1. The quantitative estimate of drug-likeness (QED) is 0.343. The van der Waals surface area contributed by atoms with Gasteiger partial charge in [-0.3, -0.25) is 9.89 Å². The van der Waals surface area contributed by atoms with E-state index in [9.17, 15) is 4.79 Å². The van der Waals surface area contributed by atoms with Gasteiger partial charge in [0.05, 0.1) is 16.6 Å². The summed E-state index contributed by atoms with van der Waals surface area (Å²) in [6.45, 7) is 3.67. The summed E-state index contributed by atoms with van der Waals surface area (Å²) in [6, 6.07) is 23.5. The highest BCUT2D eigenvalue weighted by Gasteiger charge is 2.65. The summed E-state index contributed by atoms with van der Waals surface area (Å²) in [5.41, 5.74) is 7.41. The molecule has 3 aliphatic rings. The van der Waals surface area contributed by atoms with Gasteiger partial charge < -0.3 is 10.2 Å². The highest BCUT2D eigenvalue weighted by atomic mass is 16.2. The van der Waals surface area contributed by atoms with Gasteiger partial charge in [0.25, 0.3) is 0 Å². The van der Waals surface area contributed by atoms with Crippen LogP contribution < -0.4 is 5.32 Å². The van der Waals surface area contributed by atoms with Gasteiger partial charge in [-0.1, -0.05) is 67.1 Å². The molecule has 3 heterocycles. The van der Waals surface area contributed by atoms with Gasteiger partial charge in [0.15, 0.2) is 0 Å². The molecule has 1 aromatic heterocycles. The molecule has 1 spiro atoms. The minimum atomic E-state index is -0.410. The van der Waals surface area contributed by atoms with Crippen molar-refractivity contribution in [2.24, 2.45) is 0 Å². The lowest BCUT2D eigenvalue weighted by Crippen LogP contribution is -2.31. The van der Waals surface area contributed by atoms with E-state index in [1.54, 1.807) is 0 Å². The molecule has 2 aliphatic heterocycles. The van der Waals surface area contributed by atoms with Gasteiger partial charge in [0, 0.05) is 23.5 Å². The Morgan fingerprint density at radius 3 is 2.68 bits per heavy atom. The number of likely N-dealkylation sites (tertiary alicyclic amines) is 1. The average molecular weight is 489 g/mol. The molecule has 1 saturated heterocycles. The number of fused-ring (bicyclic) bond motifs is 3. The van der Waals surface area contributed by atoms with Gasteiger partial charge in [-0.05, 0) is 79.2 Å². The van der Waals surface area contributed by atoms with E-state index < -0.39 is 5.41 Å². The highest BCUT2D eigenvalue weighted by Crippen LogP contribution is 2.64. The van der Waals surface area contributed by atoms with Crippen LogP contribution in [0.5, 0.6) is 0 Å². The first-order chi connectivity index (χ1) is 18.2. The number of aromatic amines is 1. The summed E-state index contributed by atoms with van der Waals surface area (Å²) in [6.07, 6.45) is 10.3. The molecule has 1 saturated carbocycles. The van der Waals surface area contributed by atoms with Gasteiger partial charge in [-0.25, -0.2) is 0 Å². The lowest BCUT2D eigenvalue weighted by molar-refractivity contribution is -0.118. The maximum absolute atomic E-state index is 12.9. The van der Waals surface area contributed by atoms with Crippen LogP contribution >= 0.6 is 0 Å². The fourth-order valence-electron chi connectivity index (χ4n) is 6.39. The van der Waals surface area contributed by atoms with Gasteiger partial charge in [-0.2, -0.15) is 5.10 Å². The number of para-hydroxylation sites is 1. The number of nitrogens with zero attached hydrogens (tertiary/aromatic N) is 2. The Bertz CT molecular complexity index is 1500. The molecule has 3 aromatic carbocycles. The number of nitrogens with one attached hydrogen (secondary N) is 2. The number of anilines is 1. The first-order valence-electron chi connectivity index (χ1n) is 13.6. The predicted octanol–water partition coefficient (Wildman–Crippen LogP) is 6.14. The molecule has 37 heavy (non-hydrogen) atoms. The molecular weight excluding hydrogens is 456 g/mol. The first kappa shape index (κ1) is 22.5. The van der Waals surface area contributed by atoms with Gasteiger partial charge in [0.2, 0.25) is 5.91 Å². The van der Waals surface area contributed by atoms with Crippen molar-refractivity contribution in [3.63, 3.8) is 0 Å². The zero-order valence-electron chi connectivity index (χ0n) is 21.0. The maximum atomic E-state index is 12.9. The predicted molar refractivity (Wildman–Crippen MR) is 150 cm³/mol. The van der Waals surface area contributed by atoms with E-state index in [0.29, 0.717) is 0 Å². The Hall–Kier alpha value is -3.70. The van der Waals surface area contributed by atoms with Crippen molar-refractivity contribution < 1.29 is 4.79 Å². The molecule has 0 radical (unpaired) electrons. The second-order valence-corrected chi connectivity index (χ2v) is 10.9. The van der Waals surface area contributed by atoms with Crippen LogP contribution in [-0.4, -0.2) is 40.6 Å². The largest absolute Gasteiger partial charge is 0.325 e. The zero-order chi connectivity index (χ0) is 24.8. The van der Waals surface area contributed by atoms with Crippen LogP contribution in [0.4, 0.5) is 5.69 Å². The van der Waals surface area contributed by atoms with Crippen LogP contribution in [0.1, 0.15) is 59.5 Å². The standard InChI is InChI=1S/C32H32N4O/c37-31-32(26-6-2-3-7-29(26)33-31)21-27(32)24-13-14-25-28(34-35-30(25)20-24)15-12-22-8-10-23(11-9-22)16-19-36-17-4-1-5-18-36/h2-3,6-15,20,27H,1,4-5,16-19,21H2,(H,33,37)(H,34,35)/b15-12+. The van der Waals surface area contributed by atoms with Crippen molar-refractivity contribution in [2.45, 2.75) is 43.4 Å². The number of hydrogen-bond donors (Lipinski definition) is 2. The lowest BCUT2D eigenvalue weighted by atomic mass is 9.92. The maximum Gasteiger partial charge on any atom is 0.235 e. The number of aromatic nitrogens is 2. The van der Waals surface area contributed by atoms with Gasteiger partial charge in [-0.15, -0.1) is 0 Å². The van der Waals surface area contributed by atoms with Crippen molar-refractivity contribution in [1.29, 1.82) is 0 Å². The summed E-state index contributed by atoms with van der Waals surface area (Å²) in [7, 11) is 0. The number of carbonyl (C=O) groups excluding carboxylic acids is 1. The summed E-state index contributed by atoms with van der Waals surface area (Å²) in [5, 5.41) is 12.0. The Kier molecular flexibility index (Phi) is 5.47. The molecule has 5 heteroatoms. The molecule has 2 N–H and O–H groups in total. The van der Waals surface area contributed by atoms with E-state index in [4.69, 9.17) is 0 Å². The van der Waals surface area contributed by atoms with Gasteiger partial charge >= 0.3 is 0 Å². The number of rotatable bonds is 6. The third kappa shape index (κ3) is 3.98. The van der Waals surface area contributed by atoms with E-state index in [0.717, 1.165) is 47.2 Å². The topological polar surface area (TPSA) is 61.0 Å². The van der Waals surface area contributed by atoms with Crippen LogP contribution in [0.25, 0.3) is 23.1 Å². The zero-order valence-corrected chi connectivity index (χ0v) is 21.0. The van der Waals surface area contributed by atoms with Crippen LogP contribution in [-0.2, 0) is 16.6 Å². The van der Waals surface area contributed by atoms with Crippen molar-refractivity contribution in [3.8, 4) is 0 Å². The molecular formula is C32H32N4O. The molecule has 0 bridgehead atoms. The van der Waals surface area contributed by atoms with Crippen LogP contribution in [0.15, 0.2) is 66.7 Å². The van der Waals surface area contributed by atoms with Crippen LogP contribution in [0, 0.1) is 0 Å². The molecule has 1 aliphatic carbocycles. The normalized spacial score (nSPS) is 23.1. The number of benzene rings is 3. The van der Waals surface area contributed by atoms with Crippen LogP contribution in [0.3, 0.4) is 0 Å². The Morgan fingerprint density at radius 2 is 1.81 bits per heavy atom. The third-order valence-electron chi connectivity index (χ3n) is 8.62.